The molecule has 0 aliphatic carbocycles. The number of benzene rings is 1. The van der Waals surface area contributed by atoms with Gasteiger partial charge in [0.15, 0.2) is 5.78 Å². The molecule has 3 nitrogen and oxygen atoms in total. The fourth-order valence-corrected chi connectivity index (χ4v) is 2.67. The molecule has 0 radical (unpaired) electrons. The Bertz CT molecular complexity index is 505. The van der Waals surface area contributed by atoms with Gasteiger partial charge in [-0.25, -0.2) is 0 Å². The van der Waals surface area contributed by atoms with E-state index >= 15 is 0 Å². The van der Waals surface area contributed by atoms with E-state index in [2.05, 4.69) is 0 Å². The van der Waals surface area contributed by atoms with Crippen molar-refractivity contribution < 1.29 is 14.3 Å². The van der Waals surface area contributed by atoms with Crippen LogP contribution in [0.3, 0.4) is 0 Å². The van der Waals surface area contributed by atoms with Crippen molar-refractivity contribution in [2.45, 2.75) is 38.7 Å². The number of ether oxygens (including phenoxy) is 1. The number of rotatable bonds is 4. The van der Waals surface area contributed by atoms with Crippen molar-refractivity contribution in [1.29, 1.82) is 0 Å². The van der Waals surface area contributed by atoms with Crippen molar-refractivity contribution in [2.24, 2.45) is 5.92 Å². The lowest BCUT2D eigenvalue weighted by Crippen LogP contribution is -2.37. The lowest BCUT2D eigenvalue weighted by Gasteiger charge is -2.34. The number of hydrogen-bond donors (Lipinski definition) is 0. The number of carbonyl (C=O) groups is 2. The van der Waals surface area contributed by atoms with Gasteiger partial charge in [0.1, 0.15) is 5.78 Å². The van der Waals surface area contributed by atoms with Gasteiger partial charge in [0.2, 0.25) is 0 Å². The summed E-state index contributed by atoms with van der Waals surface area (Å²) >= 11 is 5.78. The van der Waals surface area contributed by atoms with Crippen LogP contribution in [0.25, 0.3) is 0 Å². The molecule has 0 amide bonds. The van der Waals surface area contributed by atoms with Gasteiger partial charge in [-0.2, -0.15) is 0 Å². The molecule has 1 unspecified atom stereocenters. The van der Waals surface area contributed by atoms with Gasteiger partial charge in [-0.15, -0.1) is 0 Å². The van der Waals surface area contributed by atoms with Crippen LogP contribution in [-0.2, 0) is 9.53 Å². The van der Waals surface area contributed by atoms with E-state index in [1.807, 2.05) is 13.8 Å². The standard InChI is InChI=1S/C16H19ClO3/c1-16(2)10-12(7-8-20-16)15(19)9-14(18)11-3-5-13(17)6-4-11/h3-6,12H,7-10H2,1-2H3. The van der Waals surface area contributed by atoms with Crippen LogP contribution in [0, 0.1) is 5.92 Å². The molecule has 1 aliphatic heterocycles. The SMILES string of the molecule is CC1(C)CC(C(=O)CC(=O)c2ccc(Cl)cc2)CCO1. The second-order valence-corrected chi connectivity index (χ2v) is 6.31. The maximum Gasteiger partial charge on any atom is 0.170 e. The average molecular weight is 295 g/mol. The Kier molecular flexibility index (Phi) is 4.61. The highest BCUT2D eigenvalue weighted by molar-refractivity contribution is 6.30. The smallest absolute Gasteiger partial charge is 0.170 e. The second-order valence-electron chi connectivity index (χ2n) is 5.87. The summed E-state index contributed by atoms with van der Waals surface area (Å²) in [7, 11) is 0. The van der Waals surface area contributed by atoms with E-state index < -0.39 is 0 Å². The van der Waals surface area contributed by atoms with E-state index in [1.165, 1.54) is 0 Å². The van der Waals surface area contributed by atoms with E-state index in [4.69, 9.17) is 16.3 Å². The van der Waals surface area contributed by atoms with E-state index in [1.54, 1.807) is 24.3 Å². The largest absolute Gasteiger partial charge is 0.376 e. The minimum Gasteiger partial charge on any atom is -0.376 e. The highest BCUT2D eigenvalue weighted by Crippen LogP contribution is 2.30. The average Bonchev–Trinajstić information content (AvgIpc) is 2.38. The van der Waals surface area contributed by atoms with Crippen LogP contribution in [0.15, 0.2) is 24.3 Å². The molecular weight excluding hydrogens is 276 g/mol. The zero-order valence-corrected chi connectivity index (χ0v) is 12.6. The quantitative estimate of drug-likeness (QED) is 0.628. The maximum atomic E-state index is 12.2. The maximum absolute atomic E-state index is 12.2. The summed E-state index contributed by atoms with van der Waals surface area (Å²) in [4.78, 5) is 24.3. The Morgan fingerprint density at radius 3 is 2.55 bits per heavy atom. The summed E-state index contributed by atoms with van der Waals surface area (Å²) < 4.78 is 5.60. The topological polar surface area (TPSA) is 43.4 Å². The van der Waals surface area contributed by atoms with Crippen LogP contribution in [0.4, 0.5) is 0 Å². The van der Waals surface area contributed by atoms with Gasteiger partial charge < -0.3 is 4.74 Å². The van der Waals surface area contributed by atoms with E-state index in [9.17, 15) is 9.59 Å². The number of ketones is 2. The van der Waals surface area contributed by atoms with Crippen LogP contribution in [0.1, 0.15) is 43.5 Å². The van der Waals surface area contributed by atoms with Gasteiger partial charge in [0.05, 0.1) is 12.0 Å². The molecule has 0 N–H and O–H groups in total. The fourth-order valence-electron chi connectivity index (χ4n) is 2.55. The van der Waals surface area contributed by atoms with Gasteiger partial charge in [-0.3, -0.25) is 9.59 Å². The first-order valence-electron chi connectivity index (χ1n) is 6.83. The van der Waals surface area contributed by atoms with Gasteiger partial charge >= 0.3 is 0 Å². The predicted octanol–water partition coefficient (Wildman–Crippen LogP) is 3.69. The van der Waals surface area contributed by atoms with Crippen molar-refractivity contribution in [3.05, 3.63) is 34.9 Å². The van der Waals surface area contributed by atoms with Crippen molar-refractivity contribution >= 4 is 23.2 Å². The third-order valence-corrected chi connectivity index (χ3v) is 3.91. The molecule has 1 fully saturated rings. The molecule has 0 bridgehead atoms. The van der Waals surface area contributed by atoms with Crippen molar-refractivity contribution in [3.63, 3.8) is 0 Å². The third-order valence-electron chi connectivity index (χ3n) is 3.65. The van der Waals surface area contributed by atoms with Crippen molar-refractivity contribution in [3.8, 4) is 0 Å². The fraction of sp³-hybridized carbons (Fsp3) is 0.500. The number of Topliss-reactive ketones (excluding diaryl/α,β-unsaturated/α-hetero) is 2. The summed E-state index contributed by atoms with van der Waals surface area (Å²) in [6.07, 6.45) is 1.35. The summed E-state index contributed by atoms with van der Waals surface area (Å²) in [6, 6.07) is 6.64. The first kappa shape index (κ1) is 15.2. The zero-order valence-electron chi connectivity index (χ0n) is 11.8. The molecule has 1 aliphatic rings. The third kappa shape index (κ3) is 3.90. The number of hydrogen-bond acceptors (Lipinski definition) is 3. The minimum absolute atomic E-state index is 0.0151. The molecular formula is C16H19ClO3. The van der Waals surface area contributed by atoms with Gasteiger partial charge in [0.25, 0.3) is 0 Å². The Labute approximate surface area is 124 Å². The molecule has 20 heavy (non-hydrogen) atoms. The first-order valence-corrected chi connectivity index (χ1v) is 7.21. The Balaban J connectivity index is 1.97. The number of carbonyl (C=O) groups excluding carboxylic acids is 2. The predicted molar refractivity (Wildman–Crippen MR) is 78.2 cm³/mol. The molecule has 1 heterocycles. The summed E-state index contributed by atoms with van der Waals surface area (Å²) in [6.45, 7) is 4.54. The molecule has 108 valence electrons. The number of halogens is 1. The van der Waals surface area contributed by atoms with Crippen LogP contribution in [-0.4, -0.2) is 23.8 Å². The van der Waals surface area contributed by atoms with Crippen LogP contribution in [0.5, 0.6) is 0 Å². The summed E-state index contributed by atoms with van der Waals surface area (Å²) in [5.74, 6) is -0.202. The van der Waals surface area contributed by atoms with Gasteiger partial charge in [-0.1, -0.05) is 11.6 Å². The van der Waals surface area contributed by atoms with E-state index in [0.717, 1.165) is 0 Å². The van der Waals surface area contributed by atoms with Gasteiger partial charge in [-0.05, 0) is 51.0 Å². The zero-order chi connectivity index (χ0) is 14.8. The first-order chi connectivity index (χ1) is 9.37. The van der Waals surface area contributed by atoms with Crippen LogP contribution in [0.2, 0.25) is 5.02 Å². The lowest BCUT2D eigenvalue weighted by atomic mass is 9.83. The minimum atomic E-state index is -0.276. The molecule has 1 aromatic rings. The molecule has 4 heteroatoms. The molecule has 1 atom stereocenters. The van der Waals surface area contributed by atoms with Gasteiger partial charge in [0, 0.05) is 23.1 Å². The molecule has 1 saturated heterocycles. The molecule has 0 spiro atoms. The molecule has 1 aromatic carbocycles. The van der Waals surface area contributed by atoms with E-state index in [-0.39, 0.29) is 29.5 Å². The molecule has 0 saturated carbocycles. The summed E-state index contributed by atoms with van der Waals surface area (Å²) in [5.41, 5.74) is 0.260. The summed E-state index contributed by atoms with van der Waals surface area (Å²) in [5, 5.41) is 0.582. The molecule has 0 aromatic heterocycles. The second kappa shape index (κ2) is 6.06. The highest BCUT2D eigenvalue weighted by atomic mass is 35.5. The lowest BCUT2D eigenvalue weighted by molar-refractivity contribution is -0.132. The monoisotopic (exact) mass is 294 g/mol. The Morgan fingerprint density at radius 1 is 1.30 bits per heavy atom. The van der Waals surface area contributed by atoms with Crippen molar-refractivity contribution in [1.82, 2.24) is 0 Å². The van der Waals surface area contributed by atoms with E-state index in [0.29, 0.717) is 30.0 Å². The van der Waals surface area contributed by atoms with Crippen molar-refractivity contribution in [2.75, 3.05) is 6.61 Å². The Morgan fingerprint density at radius 2 is 1.95 bits per heavy atom. The molecule has 2 rings (SSSR count). The van der Waals surface area contributed by atoms with Crippen LogP contribution >= 0.6 is 11.6 Å². The normalized spacial score (nSPS) is 21.4. The van der Waals surface area contributed by atoms with Crippen LogP contribution < -0.4 is 0 Å². The highest BCUT2D eigenvalue weighted by Gasteiger charge is 2.33. The Hall–Kier alpha value is -1.19.